The lowest BCUT2D eigenvalue weighted by Crippen LogP contribution is -2.55. The quantitative estimate of drug-likeness (QED) is 0.101. The number of nitrogens with zero attached hydrogens (tertiary/aromatic N) is 3. The number of aromatic nitrogens is 2. The molecule has 0 unspecified atom stereocenters. The van der Waals surface area contributed by atoms with Crippen molar-refractivity contribution in [1.29, 1.82) is 0 Å². The number of aliphatic hydroxyl groups excluding tert-OH is 1. The van der Waals surface area contributed by atoms with E-state index < -0.39 is 36.4 Å². The number of aliphatic hydroxyl groups is 1. The van der Waals surface area contributed by atoms with E-state index in [1.54, 1.807) is 19.3 Å². The average Bonchev–Trinajstić information content (AvgIpc) is 3.78. The minimum absolute atomic E-state index is 0.0650. The van der Waals surface area contributed by atoms with E-state index in [-0.39, 0.29) is 31.4 Å². The summed E-state index contributed by atoms with van der Waals surface area (Å²) >= 11 is 2.75. The van der Waals surface area contributed by atoms with Crippen LogP contribution in [0.4, 0.5) is 9.59 Å². The molecule has 4 amide bonds. The van der Waals surface area contributed by atoms with Gasteiger partial charge < -0.3 is 30.7 Å². The summed E-state index contributed by atoms with van der Waals surface area (Å²) in [7, 11) is 1.67. The summed E-state index contributed by atoms with van der Waals surface area (Å²) in [5.41, 5.74) is 3.79. The van der Waals surface area contributed by atoms with Crippen LogP contribution < -0.4 is 16.0 Å². The molecule has 2 aromatic carbocycles. The highest BCUT2D eigenvalue weighted by Crippen LogP contribution is 2.17. The molecule has 272 valence electrons. The van der Waals surface area contributed by atoms with Gasteiger partial charge >= 0.3 is 12.1 Å². The summed E-state index contributed by atoms with van der Waals surface area (Å²) in [6, 6.07) is 18.5. The summed E-state index contributed by atoms with van der Waals surface area (Å²) in [5, 5.41) is 23.3. The third-order valence-corrected chi connectivity index (χ3v) is 9.61. The van der Waals surface area contributed by atoms with Crippen LogP contribution in [0.1, 0.15) is 60.8 Å². The first-order valence-electron chi connectivity index (χ1n) is 17.0. The van der Waals surface area contributed by atoms with Gasteiger partial charge in [-0.3, -0.25) is 4.79 Å². The van der Waals surface area contributed by atoms with Crippen LogP contribution in [0, 0.1) is 5.92 Å². The molecule has 2 aromatic heterocycles. The summed E-state index contributed by atoms with van der Waals surface area (Å²) in [5.74, 6) is -0.593. The van der Waals surface area contributed by atoms with Gasteiger partial charge in [0, 0.05) is 24.7 Å². The number of urea groups is 1. The second kappa shape index (κ2) is 19.7. The standard InChI is InChI=1S/C38H48N6O5S2/c1-25(2)18-34-40-30(24-50-34)22-44(5)37(47)43-35(26(3)4)36(46)41-29(19-27-12-8-6-9-13-27)21-33(45)32(20-28-14-10-7-11-15-28)42-38(48)49-23-31-16-17-39-51-31/h6-18,24,26,29,32-33,35,45H,19-23H2,1-5H3,(H,41,46)(H,42,48)(H,43,47)/t29-,32-,33-,35-/m0/s1. The van der Waals surface area contributed by atoms with Gasteiger partial charge in [-0.15, -0.1) is 11.3 Å². The predicted octanol–water partition coefficient (Wildman–Crippen LogP) is 6.21. The number of carbonyl (C=O) groups is 3. The zero-order valence-electron chi connectivity index (χ0n) is 29.7. The van der Waals surface area contributed by atoms with E-state index in [2.05, 4.69) is 25.3 Å². The molecule has 0 fully saturated rings. The van der Waals surface area contributed by atoms with Crippen molar-refractivity contribution in [3.63, 3.8) is 0 Å². The fraction of sp³-hybridized carbons (Fsp3) is 0.395. The van der Waals surface area contributed by atoms with Gasteiger partial charge in [0.15, 0.2) is 0 Å². The SMILES string of the molecule is CC(C)=Cc1nc(CN(C)C(=O)N[C@H](C(=O)N[C@@H](Cc2ccccc2)C[C@H](O)[C@H](Cc2ccccc2)NC(=O)OCc2ccns2)C(C)C)cs1. The average molecular weight is 733 g/mol. The maximum Gasteiger partial charge on any atom is 0.407 e. The van der Waals surface area contributed by atoms with Crippen LogP contribution in [0.3, 0.4) is 0 Å². The van der Waals surface area contributed by atoms with E-state index in [4.69, 9.17) is 4.74 Å². The highest BCUT2D eigenvalue weighted by atomic mass is 32.1. The van der Waals surface area contributed by atoms with E-state index >= 15 is 0 Å². The number of hydrogen-bond donors (Lipinski definition) is 4. The van der Waals surface area contributed by atoms with Crippen LogP contribution in [0.2, 0.25) is 0 Å². The highest BCUT2D eigenvalue weighted by Gasteiger charge is 2.31. The number of alkyl carbamates (subject to hydrolysis) is 1. The van der Waals surface area contributed by atoms with Gasteiger partial charge in [0.25, 0.3) is 0 Å². The first-order valence-corrected chi connectivity index (χ1v) is 18.6. The largest absolute Gasteiger partial charge is 0.444 e. The molecule has 0 aliphatic heterocycles. The number of benzene rings is 2. The maximum atomic E-state index is 13.9. The van der Waals surface area contributed by atoms with Gasteiger partial charge in [-0.1, -0.05) is 80.1 Å². The molecule has 0 aliphatic rings. The normalized spacial score (nSPS) is 13.4. The molecule has 13 heteroatoms. The van der Waals surface area contributed by atoms with Crippen molar-refractivity contribution in [3.05, 3.63) is 111 Å². The Bertz CT molecular complexity index is 1690. The first-order chi connectivity index (χ1) is 24.5. The molecule has 0 bridgehead atoms. The lowest BCUT2D eigenvalue weighted by molar-refractivity contribution is -0.124. The highest BCUT2D eigenvalue weighted by molar-refractivity contribution is 7.10. The van der Waals surface area contributed by atoms with Crippen molar-refractivity contribution in [2.75, 3.05) is 7.05 Å². The van der Waals surface area contributed by atoms with Gasteiger partial charge in [0.2, 0.25) is 5.91 Å². The van der Waals surface area contributed by atoms with Crippen molar-refractivity contribution in [1.82, 2.24) is 30.2 Å². The number of thiazole rings is 1. The van der Waals surface area contributed by atoms with Crippen LogP contribution in [0.25, 0.3) is 6.08 Å². The minimum Gasteiger partial charge on any atom is -0.444 e. The fourth-order valence-electron chi connectivity index (χ4n) is 5.44. The molecule has 0 radical (unpaired) electrons. The number of hydrogen-bond acceptors (Lipinski definition) is 9. The summed E-state index contributed by atoms with van der Waals surface area (Å²) in [6.07, 6.45) is 2.81. The van der Waals surface area contributed by atoms with Crippen molar-refractivity contribution < 1.29 is 24.2 Å². The van der Waals surface area contributed by atoms with Crippen LogP contribution in [-0.4, -0.2) is 68.7 Å². The minimum atomic E-state index is -1.05. The van der Waals surface area contributed by atoms with E-state index in [9.17, 15) is 19.5 Å². The number of nitrogens with one attached hydrogen (secondary N) is 3. The molecule has 2 heterocycles. The lowest BCUT2D eigenvalue weighted by Gasteiger charge is -2.30. The van der Waals surface area contributed by atoms with E-state index in [1.165, 1.54) is 27.8 Å². The molecule has 0 aliphatic carbocycles. The summed E-state index contributed by atoms with van der Waals surface area (Å²) < 4.78 is 9.46. The van der Waals surface area contributed by atoms with Crippen molar-refractivity contribution in [2.45, 2.75) is 84.3 Å². The zero-order chi connectivity index (χ0) is 36.8. The Morgan fingerprint density at radius 3 is 2.22 bits per heavy atom. The lowest BCUT2D eigenvalue weighted by atomic mass is 9.93. The number of amides is 4. The molecule has 4 N–H and O–H groups in total. The van der Waals surface area contributed by atoms with E-state index in [0.717, 1.165) is 32.3 Å². The smallest absolute Gasteiger partial charge is 0.407 e. The van der Waals surface area contributed by atoms with Crippen molar-refractivity contribution in [3.8, 4) is 0 Å². The summed E-state index contributed by atoms with van der Waals surface area (Å²) in [4.78, 5) is 47.0. The molecule has 0 saturated heterocycles. The van der Waals surface area contributed by atoms with E-state index in [0.29, 0.717) is 12.8 Å². The Morgan fingerprint density at radius 1 is 0.941 bits per heavy atom. The molecule has 51 heavy (non-hydrogen) atoms. The van der Waals surface area contributed by atoms with Crippen LogP contribution in [-0.2, 0) is 35.5 Å². The van der Waals surface area contributed by atoms with Crippen molar-refractivity contribution in [2.24, 2.45) is 5.92 Å². The Hall–Kier alpha value is -4.59. The number of ether oxygens (including phenoxy) is 1. The van der Waals surface area contributed by atoms with Gasteiger partial charge in [0.1, 0.15) is 17.7 Å². The Labute approximate surface area is 308 Å². The molecular formula is C38H48N6O5S2. The van der Waals surface area contributed by atoms with Gasteiger partial charge in [-0.2, -0.15) is 0 Å². The maximum absolute atomic E-state index is 13.9. The van der Waals surface area contributed by atoms with Gasteiger partial charge in [-0.25, -0.2) is 18.9 Å². The Kier molecular flexibility index (Phi) is 15.1. The molecule has 0 saturated carbocycles. The number of rotatable bonds is 17. The topological polar surface area (TPSA) is 146 Å². The molecule has 0 spiro atoms. The predicted molar refractivity (Wildman–Crippen MR) is 202 cm³/mol. The Morgan fingerprint density at radius 2 is 1.61 bits per heavy atom. The van der Waals surface area contributed by atoms with Crippen LogP contribution in [0.15, 0.2) is 83.9 Å². The second-order valence-corrected chi connectivity index (χ2v) is 14.9. The number of allylic oxidation sites excluding steroid dienone is 1. The molecule has 4 rings (SSSR count). The molecular weight excluding hydrogens is 685 g/mol. The van der Waals surface area contributed by atoms with Gasteiger partial charge in [-0.05, 0) is 73.8 Å². The van der Waals surface area contributed by atoms with Crippen molar-refractivity contribution >= 4 is 47.0 Å². The van der Waals surface area contributed by atoms with Crippen LogP contribution in [0.5, 0.6) is 0 Å². The third kappa shape index (κ3) is 13.2. The molecule has 4 atom stereocenters. The fourth-order valence-corrected chi connectivity index (χ4v) is 6.79. The molecule has 4 aromatic rings. The zero-order valence-corrected chi connectivity index (χ0v) is 31.4. The number of carbonyl (C=O) groups excluding carboxylic acids is 3. The molecule has 11 nitrogen and oxygen atoms in total. The van der Waals surface area contributed by atoms with Gasteiger partial charge in [0.05, 0.1) is 29.3 Å². The Balaban J connectivity index is 1.46. The van der Waals surface area contributed by atoms with E-state index in [1.807, 2.05) is 99.8 Å². The second-order valence-electron chi connectivity index (χ2n) is 13.1. The monoisotopic (exact) mass is 732 g/mol. The summed E-state index contributed by atoms with van der Waals surface area (Å²) in [6.45, 7) is 8.11. The van der Waals surface area contributed by atoms with Crippen LogP contribution >= 0.6 is 22.9 Å². The first kappa shape index (κ1) is 39.2. The third-order valence-electron chi connectivity index (χ3n) is 8.06.